The van der Waals surface area contributed by atoms with Gasteiger partial charge in [0.1, 0.15) is 11.9 Å². The van der Waals surface area contributed by atoms with E-state index in [1.165, 1.54) is 5.56 Å². The number of benzene rings is 1. The van der Waals surface area contributed by atoms with Crippen LogP contribution in [-0.2, 0) is 13.0 Å². The van der Waals surface area contributed by atoms with Crippen molar-refractivity contribution in [3.63, 3.8) is 0 Å². The van der Waals surface area contributed by atoms with E-state index >= 15 is 0 Å². The third-order valence-electron chi connectivity index (χ3n) is 3.06. The number of hydrogen-bond acceptors (Lipinski definition) is 2. The summed E-state index contributed by atoms with van der Waals surface area (Å²) in [5.74, 6) is 0.936. The van der Waals surface area contributed by atoms with Crippen LogP contribution in [0.4, 0.5) is 0 Å². The topological polar surface area (TPSA) is 31.2 Å². The maximum absolute atomic E-state index is 11.7. The molecule has 1 aromatic carbocycles. The number of hydrogen-bond donors (Lipinski definition) is 0. The first-order chi connectivity index (χ1) is 8.72. The average Bonchev–Trinajstić information content (AvgIpc) is 2.76. The Balaban J connectivity index is 1.80. The molecule has 2 aromatic rings. The maximum atomic E-state index is 11.7. The Bertz CT molecular complexity index is 611. The molecule has 3 rings (SSSR count). The van der Waals surface area contributed by atoms with E-state index in [-0.39, 0.29) is 11.7 Å². The zero-order valence-corrected chi connectivity index (χ0v) is 11.3. The summed E-state index contributed by atoms with van der Waals surface area (Å²) in [4.78, 5) is 11.7. The zero-order valence-electron chi connectivity index (χ0n) is 9.67. The van der Waals surface area contributed by atoms with Gasteiger partial charge in [-0.1, -0.05) is 18.2 Å². The minimum absolute atomic E-state index is 0.00208. The monoisotopic (exact) mass is 305 g/mol. The molecule has 2 heterocycles. The molecule has 1 unspecified atom stereocenters. The second kappa shape index (κ2) is 4.61. The van der Waals surface area contributed by atoms with Gasteiger partial charge in [-0.2, -0.15) is 0 Å². The predicted octanol–water partition coefficient (Wildman–Crippen LogP) is 2.61. The van der Waals surface area contributed by atoms with Gasteiger partial charge < -0.3 is 9.30 Å². The molecule has 0 aliphatic carbocycles. The highest BCUT2D eigenvalue weighted by Gasteiger charge is 2.22. The number of ether oxygens (including phenoxy) is 1. The molecule has 18 heavy (non-hydrogen) atoms. The number of halogens is 1. The average molecular weight is 306 g/mol. The molecular weight excluding hydrogens is 294 g/mol. The first-order valence-electron chi connectivity index (χ1n) is 5.83. The Labute approximate surface area is 113 Å². The molecule has 0 bridgehead atoms. The van der Waals surface area contributed by atoms with Crippen molar-refractivity contribution in [2.24, 2.45) is 0 Å². The molecule has 1 aromatic heterocycles. The van der Waals surface area contributed by atoms with Crippen LogP contribution in [0.15, 0.2) is 51.9 Å². The third-order valence-corrected chi connectivity index (χ3v) is 3.53. The fraction of sp³-hybridized carbons (Fsp3) is 0.214. The van der Waals surface area contributed by atoms with Crippen LogP contribution < -0.4 is 10.3 Å². The molecule has 0 spiro atoms. The summed E-state index contributed by atoms with van der Waals surface area (Å²) in [6.45, 7) is 0.576. The van der Waals surface area contributed by atoms with Gasteiger partial charge in [0.25, 0.3) is 5.56 Å². The molecular formula is C14H12BrNO2. The van der Waals surface area contributed by atoms with Crippen LogP contribution in [0.5, 0.6) is 5.75 Å². The lowest BCUT2D eigenvalue weighted by Crippen LogP contribution is -2.28. The van der Waals surface area contributed by atoms with Gasteiger partial charge >= 0.3 is 0 Å². The van der Waals surface area contributed by atoms with E-state index in [1.807, 2.05) is 18.2 Å². The quantitative estimate of drug-likeness (QED) is 0.854. The zero-order chi connectivity index (χ0) is 12.5. The van der Waals surface area contributed by atoms with Crippen LogP contribution in [0.1, 0.15) is 5.56 Å². The van der Waals surface area contributed by atoms with Crippen molar-refractivity contribution < 1.29 is 4.74 Å². The van der Waals surface area contributed by atoms with Gasteiger partial charge in [-0.25, -0.2) is 0 Å². The molecule has 0 N–H and O–H groups in total. The maximum Gasteiger partial charge on any atom is 0.250 e. The van der Waals surface area contributed by atoms with E-state index in [4.69, 9.17) is 4.74 Å². The normalized spacial score (nSPS) is 17.3. The van der Waals surface area contributed by atoms with Crippen LogP contribution in [-0.4, -0.2) is 10.7 Å². The molecule has 0 fully saturated rings. The minimum Gasteiger partial charge on any atom is -0.488 e. The summed E-state index contributed by atoms with van der Waals surface area (Å²) in [5, 5.41) is 0. The van der Waals surface area contributed by atoms with Crippen LogP contribution in [0.25, 0.3) is 0 Å². The largest absolute Gasteiger partial charge is 0.488 e. The van der Waals surface area contributed by atoms with Crippen LogP contribution in [0.3, 0.4) is 0 Å². The Kier molecular flexibility index (Phi) is 2.96. The van der Waals surface area contributed by atoms with Crippen LogP contribution in [0.2, 0.25) is 0 Å². The second-order valence-electron chi connectivity index (χ2n) is 4.39. The van der Waals surface area contributed by atoms with E-state index in [0.29, 0.717) is 6.54 Å². The van der Waals surface area contributed by atoms with Gasteiger partial charge in [0, 0.05) is 23.2 Å². The first-order valence-corrected chi connectivity index (χ1v) is 6.62. The Morgan fingerprint density at radius 3 is 2.94 bits per heavy atom. The molecule has 0 saturated heterocycles. The van der Waals surface area contributed by atoms with Gasteiger partial charge in [0.05, 0.1) is 6.54 Å². The fourth-order valence-electron chi connectivity index (χ4n) is 2.22. The van der Waals surface area contributed by atoms with Gasteiger partial charge in [-0.05, 0) is 33.6 Å². The smallest absolute Gasteiger partial charge is 0.250 e. The second-order valence-corrected chi connectivity index (χ2v) is 5.31. The van der Waals surface area contributed by atoms with E-state index in [9.17, 15) is 4.79 Å². The highest BCUT2D eigenvalue weighted by atomic mass is 79.9. The van der Waals surface area contributed by atoms with Gasteiger partial charge in [0.2, 0.25) is 0 Å². The molecule has 1 atom stereocenters. The molecule has 0 saturated carbocycles. The molecule has 4 heteroatoms. The molecule has 1 aliphatic rings. The Morgan fingerprint density at radius 2 is 2.11 bits per heavy atom. The summed E-state index contributed by atoms with van der Waals surface area (Å²) in [5.41, 5.74) is 1.21. The standard InChI is InChI=1S/C14H12BrNO2/c15-11-5-6-14(17)16(8-11)9-12-7-10-3-1-2-4-13(10)18-12/h1-6,8,12H,7,9H2. The number of aromatic nitrogens is 1. The van der Waals surface area contributed by atoms with Crippen LogP contribution in [0, 0.1) is 0 Å². The van der Waals surface area contributed by atoms with Crippen molar-refractivity contribution in [2.75, 3.05) is 0 Å². The lowest BCUT2D eigenvalue weighted by molar-refractivity contribution is 0.207. The number of nitrogens with zero attached hydrogens (tertiary/aromatic N) is 1. The number of para-hydroxylation sites is 1. The Morgan fingerprint density at radius 1 is 1.28 bits per heavy atom. The van der Waals surface area contributed by atoms with Crippen molar-refractivity contribution in [3.8, 4) is 5.75 Å². The lowest BCUT2D eigenvalue weighted by atomic mass is 10.1. The highest BCUT2D eigenvalue weighted by Crippen LogP contribution is 2.28. The summed E-state index contributed by atoms with van der Waals surface area (Å²) >= 11 is 3.37. The van der Waals surface area contributed by atoms with Crippen LogP contribution >= 0.6 is 15.9 Å². The van der Waals surface area contributed by atoms with E-state index in [2.05, 4.69) is 22.0 Å². The summed E-state index contributed by atoms with van der Waals surface area (Å²) in [7, 11) is 0. The fourth-order valence-corrected chi connectivity index (χ4v) is 2.60. The number of pyridine rings is 1. The van der Waals surface area contributed by atoms with Gasteiger partial charge in [0.15, 0.2) is 0 Å². The van der Waals surface area contributed by atoms with Gasteiger partial charge in [-0.15, -0.1) is 0 Å². The van der Waals surface area contributed by atoms with Crippen molar-refractivity contribution in [1.82, 2.24) is 4.57 Å². The van der Waals surface area contributed by atoms with Crippen molar-refractivity contribution in [3.05, 3.63) is 63.0 Å². The Hall–Kier alpha value is -1.55. The predicted molar refractivity (Wildman–Crippen MR) is 73.0 cm³/mol. The molecule has 92 valence electrons. The van der Waals surface area contributed by atoms with Crippen molar-refractivity contribution >= 4 is 15.9 Å². The molecule has 3 nitrogen and oxygen atoms in total. The first kappa shape index (κ1) is 11.5. The summed E-state index contributed by atoms with van der Waals surface area (Å²) in [6, 6.07) is 11.3. The summed E-state index contributed by atoms with van der Waals surface area (Å²) in [6.07, 6.45) is 2.69. The molecule has 1 aliphatic heterocycles. The molecule has 0 amide bonds. The van der Waals surface area contributed by atoms with Crippen molar-refractivity contribution in [2.45, 2.75) is 19.1 Å². The van der Waals surface area contributed by atoms with E-state index < -0.39 is 0 Å². The molecule has 0 radical (unpaired) electrons. The van der Waals surface area contributed by atoms with Crippen molar-refractivity contribution in [1.29, 1.82) is 0 Å². The minimum atomic E-state index is -0.00208. The lowest BCUT2D eigenvalue weighted by Gasteiger charge is -2.12. The highest BCUT2D eigenvalue weighted by molar-refractivity contribution is 9.10. The third kappa shape index (κ3) is 2.20. The van der Waals surface area contributed by atoms with Gasteiger partial charge in [-0.3, -0.25) is 4.79 Å². The van der Waals surface area contributed by atoms with E-state index in [0.717, 1.165) is 16.6 Å². The number of rotatable bonds is 2. The number of fused-ring (bicyclic) bond motifs is 1. The SMILES string of the molecule is O=c1ccc(Br)cn1CC1Cc2ccccc2O1. The van der Waals surface area contributed by atoms with E-state index in [1.54, 1.807) is 22.9 Å². The summed E-state index contributed by atoms with van der Waals surface area (Å²) < 4.78 is 8.41.